The van der Waals surface area contributed by atoms with Crippen molar-refractivity contribution < 1.29 is 19.1 Å². The van der Waals surface area contributed by atoms with Crippen LogP contribution in [-0.4, -0.2) is 18.2 Å². The lowest BCUT2D eigenvalue weighted by Crippen LogP contribution is -2.19. The summed E-state index contributed by atoms with van der Waals surface area (Å²) in [4.78, 5) is 10.9. The zero-order valence-electron chi connectivity index (χ0n) is 11.4. The van der Waals surface area contributed by atoms with Gasteiger partial charge < -0.3 is 19.6 Å². The van der Waals surface area contributed by atoms with Gasteiger partial charge in [0, 0.05) is 18.2 Å². The Bertz CT molecular complexity index is 591. The van der Waals surface area contributed by atoms with E-state index in [1.54, 1.807) is 13.2 Å². The van der Waals surface area contributed by atoms with E-state index in [1.807, 2.05) is 31.2 Å². The van der Waals surface area contributed by atoms with Crippen molar-refractivity contribution in [3.63, 3.8) is 0 Å². The van der Waals surface area contributed by atoms with E-state index in [1.165, 1.54) is 6.26 Å². The molecule has 1 atom stereocenters. The van der Waals surface area contributed by atoms with E-state index in [9.17, 15) is 4.79 Å². The average molecular weight is 275 g/mol. The van der Waals surface area contributed by atoms with Gasteiger partial charge in [0.25, 0.3) is 0 Å². The lowest BCUT2D eigenvalue weighted by Gasteiger charge is -2.14. The molecule has 2 aromatic rings. The second kappa shape index (κ2) is 6.25. The molecule has 0 radical (unpaired) electrons. The number of carboxylic acids is 1. The van der Waals surface area contributed by atoms with Crippen LogP contribution in [0.4, 0.5) is 0 Å². The van der Waals surface area contributed by atoms with Crippen LogP contribution in [-0.2, 0) is 6.54 Å². The third-order valence-corrected chi connectivity index (χ3v) is 3.13. The predicted molar refractivity (Wildman–Crippen MR) is 73.9 cm³/mol. The van der Waals surface area contributed by atoms with Crippen molar-refractivity contribution in [2.75, 3.05) is 7.11 Å². The fraction of sp³-hybridized carbons (Fsp3) is 0.267. The zero-order chi connectivity index (χ0) is 14.5. The molecule has 106 valence electrons. The van der Waals surface area contributed by atoms with Gasteiger partial charge in [-0.05, 0) is 30.7 Å². The van der Waals surface area contributed by atoms with Crippen LogP contribution < -0.4 is 10.1 Å². The fourth-order valence-electron chi connectivity index (χ4n) is 1.95. The molecule has 1 heterocycles. The van der Waals surface area contributed by atoms with Crippen molar-refractivity contribution in [3.8, 4) is 5.75 Å². The van der Waals surface area contributed by atoms with Crippen LogP contribution in [0.25, 0.3) is 0 Å². The maximum atomic E-state index is 10.9. The number of furan rings is 1. The van der Waals surface area contributed by atoms with Gasteiger partial charge in [-0.15, -0.1) is 0 Å². The molecular formula is C15H17NO4. The molecule has 0 saturated carbocycles. The lowest BCUT2D eigenvalue weighted by molar-refractivity contribution is 0.0660. The first-order valence-corrected chi connectivity index (χ1v) is 6.29. The number of hydrogen-bond donors (Lipinski definition) is 2. The first-order chi connectivity index (χ1) is 9.61. The van der Waals surface area contributed by atoms with Crippen LogP contribution in [0, 0.1) is 0 Å². The third-order valence-electron chi connectivity index (χ3n) is 3.13. The van der Waals surface area contributed by atoms with Gasteiger partial charge in [0.05, 0.1) is 13.4 Å². The number of nitrogens with one attached hydrogen (secondary N) is 1. The van der Waals surface area contributed by atoms with Crippen LogP contribution in [0.1, 0.15) is 34.6 Å². The first kappa shape index (κ1) is 14.1. The molecule has 0 aliphatic carbocycles. The Hall–Kier alpha value is -2.27. The van der Waals surface area contributed by atoms with Crippen LogP contribution in [0.2, 0.25) is 0 Å². The Morgan fingerprint density at radius 1 is 1.45 bits per heavy atom. The van der Waals surface area contributed by atoms with E-state index in [2.05, 4.69) is 5.32 Å². The van der Waals surface area contributed by atoms with Crippen molar-refractivity contribution in [1.82, 2.24) is 5.32 Å². The van der Waals surface area contributed by atoms with E-state index in [0.29, 0.717) is 12.1 Å². The third kappa shape index (κ3) is 3.19. The number of carbonyl (C=O) groups is 1. The molecular weight excluding hydrogens is 258 g/mol. The highest BCUT2D eigenvalue weighted by Crippen LogP contribution is 2.19. The number of aromatic carboxylic acids is 1. The summed E-state index contributed by atoms with van der Waals surface area (Å²) >= 11 is 0. The maximum Gasteiger partial charge on any atom is 0.372 e. The quantitative estimate of drug-likeness (QED) is 0.848. The second-order valence-electron chi connectivity index (χ2n) is 4.46. The minimum atomic E-state index is -1.05. The molecule has 0 aliphatic rings. The van der Waals surface area contributed by atoms with E-state index < -0.39 is 5.97 Å². The first-order valence-electron chi connectivity index (χ1n) is 6.29. The Balaban J connectivity index is 2.02. The van der Waals surface area contributed by atoms with Gasteiger partial charge in [0.15, 0.2) is 0 Å². The summed E-state index contributed by atoms with van der Waals surface area (Å²) in [6.07, 6.45) is 1.39. The number of hydrogen-bond acceptors (Lipinski definition) is 4. The van der Waals surface area contributed by atoms with Crippen molar-refractivity contribution in [3.05, 3.63) is 53.5 Å². The summed E-state index contributed by atoms with van der Waals surface area (Å²) in [7, 11) is 1.63. The molecule has 0 aliphatic heterocycles. The van der Waals surface area contributed by atoms with Gasteiger partial charge in [-0.25, -0.2) is 4.79 Å². The average Bonchev–Trinajstić information content (AvgIpc) is 2.93. The van der Waals surface area contributed by atoms with E-state index in [-0.39, 0.29) is 11.8 Å². The van der Waals surface area contributed by atoms with Crippen molar-refractivity contribution in [1.29, 1.82) is 0 Å². The molecule has 1 aromatic heterocycles. The largest absolute Gasteiger partial charge is 0.497 e. The van der Waals surface area contributed by atoms with E-state index >= 15 is 0 Å². The normalized spacial score (nSPS) is 12.1. The highest BCUT2D eigenvalue weighted by atomic mass is 16.5. The molecule has 5 heteroatoms. The minimum absolute atomic E-state index is 0.0182. The summed E-state index contributed by atoms with van der Waals surface area (Å²) < 4.78 is 10.1. The van der Waals surface area contributed by atoms with Gasteiger partial charge >= 0.3 is 5.97 Å². The maximum absolute atomic E-state index is 10.9. The number of rotatable bonds is 6. The molecule has 0 bridgehead atoms. The number of carboxylic acid groups (broad SMARTS) is 1. The monoisotopic (exact) mass is 275 g/mol. The topological polar surface area (TPSA) is 71.7 Å². The smallest absolute Gasteiger partial charge is 0.372 e. The zero-order valence-corrected chi connectivity index (χ0v) is 11.4. The second-order valence-corrected chi connectivity index (χ2v) is 4.46. The Morgan fingerprint density at radius 3 is 2.95 bits per heavy atom. The molecule has 20 heavy (non-hydrogen) atoms. The van der Waals surface area contributed by atoms with Crippen LogP contribution in [0.15, 0.2) is 41.0 Å². The van der Waals surface area contributed by atoms with Gasteiger partial charge in [-0.1, -0.05) is 12.1 Å². The standard InChI is InChI=1S/C15H17NO4/c1-10(11-4-3-5-13(8-11)19-2)16-9-12-6-7-20-14(12)15(17)18/h3-8,10,16H,9H2,1-2H3,(H,17,18)/t10-/m0/s1. The summed E-state index contributed by atoms with van der Waals surface area (Å²) in [6, 6.07) is 9.48. The lowest BCUT2D eigenvalue weighted by atomic mass is 10.1. The van der Waals surface area contributed by atoms with Crippen molar-refractivity contribution in [2.45, 2.75) is 19.5 Å². The van der Waals surface area contributed by atoms with Crippen LogP contribution in [0.3, 0.4) is 0 Å². The van der Waals surface area contributed by atoms with E-state index in [4.69, 9.17) is 14.3 Å². The Morgan fingerprint density at radius 2 is 2.25 bits per heavy atom. The van der Waals surface area contributed by atoms with Gasteiger partial charge in [-0.3, -0.25) is 0 Å². The van der Waals surface area contributed by atoms with Crippen molar-refractivity contribution in [2.24, 2.45) is 0 Å². The molecule has 0 spiro atoms. The molecule has 2 rings (SSSR count). The summed E-state index contributed by atoms with van der Waals surface area (Å²) in [5, 5.41) is 12.2. The predicted octanol–water partition coefficient (Wildman–Crippen LogP) is 2.84. The van der Waals surface area contributed by atoms with Crippen LogP contribution in [0.5, 0.6) is 5.75 Å². The molecule has 5 nitrogen and oxygen atoms in total. The number of benzene rings is 1. The highest BCUT2D eigenvalue weighted by Gasteiger charge is 2.14. The van der Waals surface area contributed by atoms with Crippen LogP contribution >= 0.6 is 0 Å². The number of methoxy groups -OCH3 is 1. The molecule has 0 amide bonds. The summed E-state index contributed by atoms with van der Waals surface area (Å²) in [5.74, 6) is -0.276. The fourth-order valence-corrected chi connectivity index (χ4v) is 1.95. The molecule has 0 saturated heterocycles. The Kier molecular flexibility index (Phi) is 4.42. The van der Waals surface area contributed by atoms with E-state index in [0.717, 1.165) is 11.3 Å². The van der Waals surface area contributed by atoms with Gasteiger partial charge in [-0.2, -0.15) is 0 Å². The SMILES string of the molecule is COc1cccc([C@H](C)NCc2ccoc2C(=O)O)c1. The molecule has 2 N–H and O–H groups in total. The summed E-state index contributed by atoms with van der Waals surface area (Å²) in [5.41, 5.74) is 1.71. The molecule has 0 fully saturated rings. The molecule has 1 aromatic carbocycles. The van der Waals surface area contributed by atoms with Gasteiger partial charge in [0.1, 0.15) is 5.75 Å². The molecule has 0 unspecified atom stereocenters. The minimum Gasteiger partial charge on any atom is -0.497 e. The van der Waals surface area contributed by atoms with Crippen molar-refractivity contribution >= 4 is 5.97 Å². The Labute approximate surface area is 117 Å². The summed E-state index contributed by atoms with van der Waals surface area (Å²) in [6.45, 7) is 2.44. The highest BCUT2D eigenvalue weighted by molar-refractivity contribution is 5.86. The number of ether oxygens (including phenoxy) is 1. The van der Waals surface area contributed by atoms with Gasteiger partial charge in [0.2, 0.25) is 5.76 Å².